The lowest BCUT2D eigenvalue weighted by Gasteiger charge is -2.28. The number of nitrogens with zero attached hydrogens (tertiary/aromatic N) is 3. The van der Waals surface area contributed by atoms with E-state index in [-0.39, 0.29) is 0 Å². The molecule has 27 heavy (non-hydrogen) atoms. The van der Waals surface area contributed by atoms with Crippen LogP contribution in [0, 0.1) is 5.92 Å². The van der Waals surface area contributed by atoms with Gasteiger partial charge >= 0.3 is 0 Å². The highest BCUT2D eigenvalue weighted by Gasteiger charge is 2.25. The summed E-state index contributed by atoms with van der Waals surface area (Å²) in [5.74, 6) is 2.62. The second-order valence-corrected chi connectivity index (χ2v) is 7.71. The van der Waals surface area contributed by atoms with Crippen LogP contribution in [0.5, 0.6) is 5.75 Å². The molecule has 2 saturated heterocycles. The van der Waals surface area contributed by atoms with Crippen molar-refractivity contribution in [3.8, 4) is 5.75 Å². The molecule has 2 aliphatic rings. The number of likely N-dealkylation sites (tertiary alicyclic amines) is 1. The van der Waals surface area contributed by atoms with Gasteiger partial charge in [-0.3, -0.25) is 4.99 Å². The number of piperidine rings is 1. The number of ether oxygens (including phenoxy) is 1. The molecule has 0 amide bonds. The number of benzene rings is 1. The summed E-state index contributed by atoms with van der Waals surface area (Å²) in [5.41, 5.74) is 1.18. The van der Waals surface area contributed by atoms with Crippen LogP contribution in [0.4, 0.5) is 5.69 Å². The molecule has 6 heteroatoms. The summed E-state index contributed by atoms with van der Waals surface area (Å²) in [6.45, 7) is 8.34. The third kappa shape index (κ3) is 5.51. The Balaban J connectivity index is 1.55. The molecule has 2 N–H and O–H groups in total. The van der Waals surface area contributed by atoms with E-state index in [9.17, 15) is 0 Å². The fraction of sp³-hybridized carbons (Fsp3) is 0.667. The Bertz CT molecular complexity index is 612. The van der Waals surface area contributed by atoms with Gasteiger partial charge in [0.15, 0.2) is 5.96 Å². The second kappa shape index (κ2) is 9.83. The van der Waals surface area contributed by atoms with Crippen molar-refractivity contribution in [1.82, 2.24) is 15.5 Å². The molecule has 3 rings (SSSR count). The van der Waals surface area contributed by atoms with Gasteiger partial charge in [-0.2, -0.15) is 0 Å². The van der Waals surface area contributed by atoms with Gasteiger partial charge in [-0.25, -0.2) is 0 Å². The second-order valence-electron chi connectivity index (χ2n) is 7.71. The largest absolute Gasteiger partial charge is 0.495 e. The van der Waals surface area contributed by atoms with E-state index in [4.69, 9.17) is 9.73 Å². The van der Waals surface area contributed by atoms with Crippen molar-refractivity contribution in [2.45, 2.75) is 32.2 Å². The molecule has 2 aliphatic heterocycles. The van der Waals surface area contributed by atoms with Crippen LogP contribution in [-0.2, 0) is 0 Å². The Labute approximate surface area is 164 Å². The molecule has 0 saturated carbocycles. The van der Waals surface area contributed by atoms with Crippen LogP contribution in [0.1, 0.15) is 26.2 Å². The summed E-state index contributed by atoms with van der Waals surface area (Å²) in [6, 6.07) is 8.67. The molecule has 1 atom stereocenters. The van der Waals surface area contributed by atoms with Gasteiger partial charge in [-0.1, -0.05) is 12.1 Å². The molecule has 0 aromatic heterocycles. The molecule has 2 heterocycles. The zero-order chi connectivity index (χ0) is 19.1. The zero-order valence-corrected chi connectivity index (χ0v) is 17.1. The third-order valence-corrected chi connectivity index (χ3v) is 5.64. The first-order valence-electron chi connectivity index (χ1n) is 10.3. The summed E-state index contributed by atoms with van der Waals surface area (Å²) < 4.78 is 5.52. The number of aliphatic imine (C=N–C) groups is 1. The van der Waals surface area contributed by atoms with E-state index < -0.39 is 0 Å². The van der Waals surface area contributed by atoms with E-state index in [2.05, 4.69) is 46.5 Å². The van der Waals surface area contributed by atoms with Crippen LogP contribution in [0.2, 0.25) is 0 Å². The van der Waals surface area contributed by atoms with Crippen LogP contribution >= 0.6 is 0 Å². The van der Waals surface area contributed by atoms with Gasteiger partial charge < -0.3 is 25.2 Å². The minimum Gasteiger partial charge on any atom is -0.495 e. The number of hydrogen-bond acceptors (Lipinski definition) is 4. The molecule has 150 valence electrons. The predicted octanol–water partition coefficient (Wildman–Crippen LogP) is 2.17. The molecule has 0 radical (unpaired) electrons. The molecule has 0 bridgehead atoms. The summed E-state index contributed by atoms with van der Waals surface area (Å²) in [5, 5.41) is 7.07. The van der Waals surface area contributed by atoms with Gasteiger partial charge in [0.2, 0.25) is 0 Å². The number of anilines is 1. The van der Waals surface area contributed by atoms with E-state index in [1.807, 2.05) is 12.1 Å². The van der Waals surface area contributed by atoms with Gasteiger partial charge in [0.25, 0.3) is 0 Å². The third-order valence-electron chi connectivity index (χ3n) is 5.64. The van der Waals surface area contributed by atoms with E-state index in [0.29, 0.717) is 12.0 Å². The van der Waals surface area contributed by atoms with Crippen molar-refractivity contribution in [3.63, 3.8) is 0 Å². The lowest BCUT2D eigenvalue weighted by Crippen LogP contribution is -2.45. The number of nitrogens with one attached hydrogen (secondary N) is 2. The van der Waals surface area contributed by atoms with Crippen LogP contribution in [-0.4, -0.2) is 70.3 Å². The van der Waals surface area contributed by atoms with Crippen molar-refractivity contribution >= 4 is 11.6 Å². The van der Waals surface area contributed by atoms with Crippen LogP contribution in [0.25, 0.3) is 0 Å². The summed E-state index contributed by atoms with van der Waals surface area (Å²) in [4.78, 5) is 9.70. The normalized spacial score (nSPS) is 22.1. The maximum absolute atomic E-state index is 5.52. The molecule has 1 unspecified atom stereocenters. The average molecular weight is 374 g/mol. The van der Waals surface area contributed by atoms with Crippen molar-refractivity contribution in [2.75, 3.05) is 58.3 Å². The fourth-order valence-corrected chi connectivity index (χ4v) is 3.97. The summed E-state index contributed by atoms with van der Waals surface area (Å²) in [6.07, 6.45) is 3.62. The molecule has 0 spiro atoms. The number of guanidine groups is 1. The monoisotopic (exact) mass is 373 g/mol. The van der Waals surface area contributed by atoms with Crippen molar-refractivity contribution in [2.24, 2.45) is 10.9 Å². The summed E-state index contributed by atoms with van der Waals surface area (Å²) in [7, 11) is 3.95. The van der Waals surface area contributed by atoms with Gasteiger partial charge in [0.05, 0.1) is 12.8 Å². The highest BCUT2D eigenvalue weighted by molar-refractivity contribution is 5.80. The van der Waals surface area contributed by atoms with Crippen LogP contribution in [0.3, 0.4) is 0 Å². The van der Waals surface area contributed by atoms with Crippen molar-refractivity contribution < 1.29 is 4.74 Å². The Morgan fingerprint density at radius 2 is 1.96 bits per heavy atom. The Hall–Kier alpha value is -1.95. The quantitative estimate of drug-likeness (QED) is 0.591. The van der Waals surface area contributed by atoms with E-state index >= 15 is 0 Å². The fourth-order valence-electron chi connectivity index (χ4n) is 3.97. The molecule has 1 aromatic rings. The highest BCUT2D eigenvalue weighted by atomic mass is 16.5. The topological polar surface area (TPSA) is 52.1 Å². The Kier molecular flexibility index (Phi) is 7.21. The molecular formula is C21H35N5O. The minimum absolute atomic E-state index is 0.408. The first-order chi connectivity index (χ1) is 13.2. The molecular weight excluding hydrogens is 338 g/mol. The average Bonchev–Trinajstić information content (AvgIpc) is 3.16. The van der Waals surface area contributed by atoms with Gasteiger partial charge in [-0.15, -0.1) is 0 Å². The lowest BCUT2D eigenvalue weighted by molar-refractivity contribution is 0.223. The number of para-hydroxylation sites is 2. The summed E-state index contributed by atoms with van der Waals surface area (Å²) >= 11 is 0. The number of rotatable bonds is 6. The number of methoxy groups -OCH3 is 1. The minimum atomic E-state index is 0.408. The van der Waals surface area contributed by atoms with E-state index in [1.54, 1.807) is 7.11 Å². The van der Waals surface area contributed by atoms with Gasteiger partial charge in [-0.05, 0) is 64.4 Å². The van der Waals surface area contributed by atoms with Gasteiger partial charge in [0.1, 0.15) is 5.75 Å². The lowest BCUT2D eigenvalue weighted by atomic mass is 9.97. The van der Waals surface area contributed by atoms with E-state index in [1.165, 1.54) is 31.6 Å². The van der Waals surface area contributed by atoms with Crippen molar-refractivity contribution in [3.05, 3.63) is 24.3 Å². The van der Waals surface area contributed by atoms with Crippen LogP contribution < -0.4 is 20.3 Å². The SMILES string of the molecule is CCNC(=NCC1CCN(C)CC1)NC1CCN(c2ccccc2OC)C1. The van der Waals surface area contributed by atoms with Crippen LogP contribution in [0.15, 0.2) is 29.3 Å². The van der Waals surface area contributed by atoms with Crippen molar-refractivity contribution in [1.29, 1.82) is 0 Å². The standard InChI is InChI=1S/C21H35N5O/c1-4-22-21(23-15-17-9-12-25(2)13-10-17)24-18-11-14-26(16-18)19-7-5-6-8-20(19)27-3/h5-8,17-18H,4,9-16H2,1-3H3,(H2,22,23,24). The molecule has 1 aromatic carbocycles. The predicted molar refractivity (Wildman–Crippen MR) is 113 cm³/mol. The molecule has 0 aliphatic carbocycles. The maximum atomic E-state index is 5.52. The van der Waals surface area contributed by atoms with Gasteiger partial charge in [0, 0.05) is 32.2 Å². The maximum Gasteiger partial charge on any atom is 0.191 e. The first-order valence-corrected chi connectivity index (χ1v) is 10.3. The first kappa shape index (κ1) is 19.8. The molecule has 2 fully saturated rings. The molecule has 6 nitrogen and oxygen atoms in total. The number of hydrogen-bond donors (Lipinski definition) is 2. The smallest absolute Gasteiger partial charge is 0.191 e. The zero-order valence-electron chi connectivity index (χ0n) is 17.1. The Morgan fingerprint density at radius 1 is 1.19 bits per heavy atom. The Morgan fingerprint density at radius 3 is 2.70 bits per heavy atom. The van der Waals surface area contributed by atoms with E-state index in [0.717, 1.165) is 44.3 Å². The highest BCUT2D eigenvalue weighted by Crippen LogP contribution is 2.30.